The third kappa shape index (κ3) is 3.86. The van der Waals surface area contributed by atoms with Crippen LogP contribution in [0, 0.1) is 18.3 Å². The minimum atomic E-state index is -0.688. The molecule has 1 aromatic rings. The Morgan fingerprint density at radius 3 is 2.52 bits per heavy atom. The maximum absolute atomic E-state index is 13.0. The quantitative estimate of drug-likeness (QED) is 0.646. The molecule has 0 bridgehead atoms. The first kappa shape index (κ1) is 18.3. The number of hydrogen-bond donors (Lipinski definition) is 1. The molecule has 25 heavy (non-hydrogen) atoms. The fourth-order valence-corrected chi connectivity index (χ4v) is 5.44. The Labute approximate surface area is 154 Å². The summed E-state index contributed by atoms with van der Waals surface area (Å²) in [5, 5.41) is 3.04. The SMILES string of the molecule is Cc1ccc(SCCN2C(=O)N[C@]3(C[C@H](C)CC(C)(C)C3)C2=O)cc1. The second-order valence-corrected chi connectivity index (χ2v) is 9.65. The number of amides is 3. The summed E-state index contributed by atoms with van der Waals surface area (Å²) in [7, 11) is 0. The molecule has 0 radical (unpaired) electrons. The van der Waals surface area contributed by atoms with Crippen LogP contribution in [-0.2, 0) is 4.79 Å². The maximum Gasteiger partial charge on any atom is 0.325 e. The normalized spacial score (nSPS) is 28.5. The van der Waals surface area contributed by atoms with Crippen molar-refractivity contribution in [2.45, 2.75) is 57.4 Å². The zero-order chi connectivity index (χ0) is 18.2. The molecule has 1 aromatic carbocycles. The minimum absolute atomic E-state index is 0.0263. The third-order valence-electron chi connectivity index (χ3n) is 5.23. The van der Waals surface area contributed by atoms with E-state index in [-0.39, 0.29) is 17.4 Å². The lowest BCUT2D eigenvalue weighted by Gasteiger charge is -2.43. The van der Waals surface area contributed by atoms with Gasteiger partial charge in [-0.15, -0.1) is 11.8 Å². The Kier molecular flexibility index (Phi) is 4.89. The molecule has 1 aliphatic carbocycles. The first-order chi connectivity index (χ1) is 11.7. The number of thioether (sulfide) groups is 1. The number of nitrogens with one attached hydrogen (secondary N) is 1. The number of urea groups is 1. The van der Waals surface area contributed by atoms with Crippen molar-refractivity contribution in [2.24, 2.45) is 11.3 Å². The van der Waals surface area contributed by atoms with E-state index in [1.165, 1.54) is 15.4 Å². The highest BCUT2D eigenvalue weighted by molar-refractivity contribution is 7.99. The summed E-state index contributed by atoms with van der Waals surface area (Å²) < 4.78 is 0. The standard InChI is InChI=1S/C20H28N2O2S/c1-14-5-7-16(8-6-14)25-10-9-22-17(23)20(21-18(22)24)12-15(2)11-19(3,4)13-20/h5-8,15H,9-13H2,1-4H3,(H,21,24)/t15-,20+/m1/s1. The van der Waals surface area contributed by atoms with E-state index >= 15 is 0 Å². The first-order valence-electron chi connectivity index (χ1n) is 9.04. The van der Waals surface area contributed by atoms with E-state index in [0.29, 0.717) is 12.5 Å². The van der Waals surface area contributed by atoms with Crippen LogP contribution in [0.2, 0.25) is 0 Å². The molecule has 3 amide bonds. The van der Waals surface area contributed by atoms with E-state index in [1.54, 1.807) is 11.8 Å². The largest absolute Gasteiger partial charge is 0.325 e. The van der Waals surface area contributed by atoms with Crippen molar-refractivity contribution < 1.29 is 9.59 Å². The van der Waals surface area contributed by atoms with Gasteiger partial charge in [0.15, 0.2) is 0 Å². The van der Waals surface area contributed by atoms with E-state index < -0.39 is 5.54 Å². The highest BCUT2D eigenvalue weighted by Gasteiger charge is 2.55. The van der Waals surface area contributed by atoms with Crippen LogP contribution in [0.25, 0.3) is 0 Å². The van der Waals surface area contributed by atoms with E-state index in [4.69, 9.17) is 0 Å². The Bertz CT molecular complexity index is 671. The number of rotatable bonds is 4. The van der Waals surface area contributed by atoms with Gasteiger partial charge in [-0.1, -0.05) is 38.5 Å². The fourth-order valence-electron chi connectivity index (χ4n) is 4.60. The molecule has 1 aliphatic heterocycles. The number of benzene rings is 1. The van der Waals surface area contributed by atoms with E-state index in [9.17, 15) is 9.59 Å². The fraction of sp³-hybridized carbons (Fsp3) is 0.600. The molecule has 1 heterocycles. The molecule has 4 nitrogen and oxygen atoms in total. The van der Waals surface area contributed by atoms with Crippen LogP contribution in [0.3, 0.4) is 0 Å². The highest BCUT2D eigenvalue weighted by Crippen LogP contribution is 2.46. The zero-order valence-corrected chi connectivity index (χ0v) is 16.4. The topological polar surface area (TPSA) is 49.4 Å². The van der Waals surface area contributed by atoms with Gasteiger partial charge in [-0.3, -0.25) is 9.69 Å². The molecule has 5 heteroatoms. The predicted molar refractivity (Wildman–Crippen MR) is 102 cm³/mol. The Morgan fingerprint density at radius 1 is 1.20 bits per heavy atom. The van der Waals surface area contributed by atoms with Crippen molar-refractivity contribution in [2.75, 3.05) is 12.3 Å². The second-order valence-electron chi connectivity index (χ2n) is 8.48. The van der Waals surface area contributed by atoms with Gasteiger partial charge in [0, 0.05) is 17.2 Å². The van der Waals surface area contributed by atoms with Crippen LogP contribution in [0.4, 0.5) is 4.79 Å². The van der Waals surface area contributed by atoms with E-state index in [0.717, 1.165) is 25.0 Å². The summed E-state index contributed by atoms with van der Waals surface area (Å²) in [6, 6.07) is 8.10. The maximum atomic E-state index is 13.0. The Balaban J connectivity index is 1.64. The highest BCUT2D eigenvalue weighted by atomic mass is 32.2. The molecule has 3 rings (SSSR count). The first-order valence-corrected chi connectivity index (χ1v) is 10.0. The third-order valence-corrected chi connectivity index (χ3v) is 6.22. The number of aryl methyl sites for hydroxylation is 1. The van der Waals surface area contributed by atoms with Gasteiger partial charge in [0.25, 0.3) is 5.91 Å². The van der Waals surface area contributed by atoms with Crippen LogP contribution >= 0.6 is 11.8 Å². The van der Waals surface area contributed by atoms with E-state index in [2.05, 4.69) is 57.3 Å². The molecule has 1 saturated carbocycles. The molecule has 1 spiro atoms. The summed E-state index contributed by atoms with van der Waals surface area (Å²) in [4.78, 5) is 28.1. The molecule has 136 valence electrons. The van der Waals surface area contributed by atoms with Crippen molar-refractivity contribution in [1.29, 1.82) is 0 Å². The van der Waals surface area contributed by atoms with Gasteiger partial charge in [-0.2, -0.15) is 0 Å². The number of carbonyl (C=O) groups excluding carboxylic acids is 2. The minimum Gasteiger partial charge on any atom is -0.323 e. The van der Waals surface area contributed by atoms with Crippen molar-refractivity contribution in [3.63, 3.8) is 0 Å². The number of imide groups is 1. The lowest BCUT2D eigenvalue weighted by molar-refractivity contribution is -0.134. The number of carbonyl (C=O) groups is 2. The molecule has 1 N–H and O–H groups in total. The van der Waals surface area contributed by atoms with Crippen molar-refractivity contribution in [3.8, 4) is 0 Å². The molecule has 0 unspecified atom stereocenters. The molecule has 0 aromatic heterocycles. The van der Waals surface area contributed by atoms with Gasteiger partial charge >= 0.3 is 6.03 Å². The lowest BCUT2D eigenvalue weighted by Crippen LogP contribution is -2.54. The number of hydrogen-bond acceptors (Lipinski definition) is 3. The predicted octanol–water partition coefficient (Wildman–Crippen LogP) is 4.22. The van der Waals surface area contributed by atoms with Crippen molar-refractivity contribution >= 4 is 23.7 Å². The molecule has 1 saturated heterocycles. The molecular weight excluding hydrogens is 332 g/mol. The van der Waals surface area contributed by atoms with Gasteiger partial charge in [0.1, 0.15) is 5.54 Å². The summed E-state index contributed by atoms with van der Waals surface area (Å²) in [5.41, 5.74) is 0.620. The van der Waals surface area contributed by atoms with Gasteiger partial charge < -0.3 is 5.32 Å². The van der Waals surface area contributed by atoms with Gasteiger partial charge in [-0.25, -0.2) is 4.79 Å². The van der Waals surface area contributed by atoms with Gasteiger partial charge in [-0.05, 0) is 49.7 Å². The van der Waals surface area contributed by atoms with Gasteiger partial charge in [0.05, 0.1) is 0 Å². The van der Waals surface area contributed by atoms with Gasteiger partial charge in [0.2, 0.25) is 0 Å². The summed E-state index contributed by atoms with van der Waals surface area (Å²) in [5.74, 6) is 1.13. The van der Waals surface area contributed by atoms with Crippen molar-refractivity contribution in [3.05, 3.63) is 29.8 Å². The molecule has 2 aliphatic rings. The lowest BCUT2D eigenvalue weighted by atomic mass is 9.64. The van der Waals surface area contributed by atoms with Crippen molar-refractivity contribution in [1.82, 2.24) is 10.2 Å². The van der Waals surface area contributed by atoms with Crippen LogP contribution < -0.4 is 5.32 Å². The average Bonchev–Trinajstić information content (AvgIpc) is 2.70. The number of nitrogens with zero attached hydrogens (tertiary/aromatic N) is 1. The Morgan fingerprint density at radius 2 is 1.88 bits per heavy atom. The van der Waals surface area contributed by atoms with E-state index in [1.807, 2.05) is 0 Å². The smallest absolute Gasteiger partial charge is 0.323 e. The monoisotopic (exact) mass is 360 g/mol. The van der Waals surface area contributed by atoms with Crippen LogP contribution in [0.5, 0.6) is 0 Å². The zero-order valence-electron chi connectivity index (χ0n) is 15.6. The molecule has 2 fully saturated rings. The summed E-state index contributed by atoms with van der Waals surface area (Å²) in [6.07, 6.45) is 2.58. The van der Waals surface area contributed by atoms with Crippen LogP contribution in [-0.4, -0.2) is 34.7 Å². The van der Waals surface area contributed by atoms with Crippen LogP contribution in [0.1, 0.15) is 45.6 Å². The molecular formula is C20H28N2O2S. The Hall–Kier alpha value is -1.49. The summed E-state index contributed by atoms with van der Waals surface area (Å²) >= 11 is 1.68. The molecule has 2 atom stereocenters. The van der Waals surface area contributed by atoms with Crippen LogP contribution in [0.15, 0.2) is 29.2 Å². The second kappa shape index (κ2) is 6.67. The summed E-state index contributed by atoms with van der Waals surface area (Å²) in [6.45, 7) is 9.09. The average molecular weight is 361 g/mol.